The second-order valence-corrected chi connectivity index (χ2v) is 6.47. The standard InChI is InChI=1S/C16H14O4S/c17-16(18)11-8-13-6-9-15(10-7-13)21(19,20)12-14-4-2-1-3-5-14/h1-11H,12H2,(H,17,18). The zero-order valence-corrected chi connectivity index (χ0v) is 12.0. The third kappa shape index (κ3) is 4.29. The molecule has 5 heteroatoms. The Bertz CT molecular complexity index is 745. The molecule has 108 valence electrons. The SMILES string of the molecule is O=C(O)C=Cc1ccc(S(=O)(=O)Cc2ccccc2)cc1. The van der Waals surface area contributed by atoms with Gasteiger partial charge in [-0.05, 0) is 29.3 Å². The molecule has 4 nitrogen and oxygen atoms in total. The van der Waals surface area contributed by atoms with Crippen LogP contribution in [0.5, 0.6) is 0 Å². The third-order valence-electron chi connectivity index (χ3n) is 2.86. The fourth-order valence-electron chi connectivity index (χ4n) is 1.83. The van der Waals surface area contributed by atoms with Crippen molar-refractivity contribution < 1.29 is 18.3 Å². The highest BCUT2D eigenvalue weighted by Crippen LogP contribution is 2.17. The van der Waals surface area contributed by atoms with Crippen LogP contribution in [0.25, 0.3) is 6.08 Å². The molecule has 0 unspecified atom stereocenters. The number of carbonyl (C=O) groups is 1. The largest absolute Gasteiger partial charge is 0.478 e. The van der Waals surface area contributed by atoms with E-state index in [1.807, 2.05) is 6.07 Å². The van der Waals surface area contributed by atoms with Crippen molar-refractivity contribution in [2.24, 2.45) is 0 Å². The van der Waals surface area contributed by atoms with Crippen molar-refractivity contribution in [1.82, 2.24) is 0 Å². The first kappa shape index (κ1) is 15.0. The number of aliphatic carboxylic acids is 1. The molecule has 0 bridgehead atoms. The van der Waals surface area contributed by atoms with Gasteiger partial charge in [-0.2, -0.15) is 0 Å². The summed E-state index contributed by atoms with van der Waals surface area (Å²) in [6.07, 6.45) is 2.42. The van der Waals surface area contributed by atoms with E-state index in [1.165, 1.54) is 18.2 Å². The van der Waals surface area contributed by atoms with E-state index in [-0.39, 0.29) is 10.6 Å². The normalized spacial score (nSPS) is 11.6. The molecule has 0 aliphatic rings. The van der Waals surface area contributed by atoms with Gasteiger partial charge in [-0.25, -0.2) is 13.2 Å². The summed E-state index contributed by atoms with van der Waals surface area (Å²) < 4.78 is 24.5. The average Bonchev–Trinajstić information content (AvgIpc) is 2.46. The first-order chi connectivity index (χ1) is 9.97. The van der Waals surface area contributed by atoms with Gasteiger partial charge in [0.2, 0.25) is 0 Å². The van der Waals surface area contributed by atoms with Crippen molar-refractivity contribution in [3.63, 3.8) is 0 Å². The van der Waals surface area contributed by atoms with Gasteiger partial charge in [-0.3, -0.25) is 0 Å². The fraction of sp³-hybridized carbons (Fsp3) is 0.0625. The Balaban J connectivity index is 2.19. The molecular weight excluding hydrogens is 288 g/mol. The Hall–Kier alpha value is -2.40. The van der Waals surface area contributed by atoms with Crippen LogP contribution in [0.15, 0.2) is 65.6 Å². The van der Waals surface area contributed by atoms with E-state index < -0.39 is 15.8 Å². The molecule has 0 spiro atoms. The Morgan fingerprint density at radius 3 is 2.19 bits per heavy atom. The van der Waals surface area contributed by atoms with Crippen LogP contribution in [0.3, 0.4) is 0 Å². The van der Waals surface area contributed by atoms with E-state index in [0.717, 1.165) is 11.6 Å². The lowest BCUT2D eigenvalue weighted by Crippen LogP contribution is -2.04. The number of hydrogen-bond donors (Lipinski definition) is 1. The zero-order chi connectivity index (χ0) is 15.3. The van der Waals surface area contributed by atoms with Gasteiger partial charge in [0.15, 0.2) is 9.84 Å². The Kier molecular flexibility index (Phi) is 4.55. The minimum atomic E-state index is -3.40. The molecule has 0 amide bonds. The minimum Gasteiger partial charge on any atom is -0.478 e. The smallest absolute Gasteiger partial charge is 0.328 e. The Morgan fingerprint density at radius 1 is 1.00 bits per heavy atom. The van der Waals surface area contributed by atoms with E-state index in [9.17, 15) is 13.2 Å². The highest BCUT2D eigenvalue weighted by molar-refractivity contribution is 7.90. The van der Waals surface area contributed by atoms with Gasteiger partial charge >= 0.3 is 5.97 Å². The summed E-state index contributed by atoms with van der Waals surface area (Å²) in [6, 6.07) is 15.1. The van der Waals surface area contributed by atoms with E-state index in [0.29, 0.717) is 5.56 Å². The second kappa shape index (κ2) is 6.37. The van der Waals surface area contributed by atoms with Crippen LogP contribution < -0.4 is 0 Å². The fourth-order valence-corrected chi connectivity index (χ4v) is 3.18. The number of sulfone groups is 1. The van der Waals surface area contributed by atoms with Gasteiger partial charge in [-0.1, -0.05) is 42.5 Å². The summed E-state index contributed by atoms with van der Waals surface area (Å²) in [4.78, 5) is 10.6. The Labute approximate surface area is 123 Å². The highest BCUT2D eigenvalue weighted by Gasteiger charge is 2.14. The van der Waals surface area contributed by atoms with Gasteiger partial charge in [0, 0.05) is 6.08 Å². The van der Waals surface area contributed by atoms with Crippen LogP contribution in [0.1, 0.15) is 11.1 Å². The van der Waals surface area contributed by atoms with Crippen LogP contribution in [-0.2, 0) is 20.4 Å². The van der Waals surface area contributed by atoms with E-state index in [2.05, 4.69) is 0 Å². The summed E-state index contributed by atoms with van der Waals surface area (Å²) in [5.74, 6) is -1.10. The number of carboxylic acid groups (broad SMARTS) is 1. The molecule has 2 aromatic carbocycles. The average molecular weight is 302 g/mol. The zero-order valence-electron chi connectivity index (χ0n) is 11.1. The number of hydrogen-bond acceptors (Lipinski definition) is 3. The third-order valence-corrected chi connectivity index (χ3v) is 4.56. The van der Waals surface area contributed by atoms with Crippen LogP contribution in [-0.4, -0.2) is 19.5 Å². The molecule has 21 heavy (non-hydrogen) atoms. The highest BCUT2D eigenvalue weighted by atomic mass is 32.2. The van der Waals surface area contributed by atoms with Gasteiger partial charge in [0.1, 0.15) is 0 Å². The van der Waals surface area contributed by atoms with Crippen molar-refractivity contribution in [3.05, 3.63) is 71.8 Å². The lowest BCUT2D eigenvalue weighted by atomic mass is 10.2. The summed E-state index contributed by atoms with van der Waals surface area (Å²) in [5.41, 5.74) is 1.36. The van der Waals surface area contributed by atoms with Crippen molar-refractivity contribution in [2.75, 3.05) is 0 Å². The number of benzene rings is 2. The maximum Gasteiger partial charge on any atom is 0.328 e. The van der Waals surface area contributed by atoms with Crippen molar-refractivity contribution in [2.45, 2.75) is 10.6 Å². The molecule has 0 aromatic heterocycles. The summed E-state index contributed by atoms with van der Waals surface area (Å²) in [5, 5.41) is 8.54. The molecule has 2 rings (SSSR count). The minimum absolute atomic E-state index is 0.0574. The quantitative estimate of drug-likeness (QED) is 0.862. The Morgan fingerprint density at radius 2 is 1.62 bits per heavy atom. The van der Waals surface area contributed by atoms with Gasteiger partial charge < -0.3 is 5.11 Å². The summed E-state index contributed by atoms with van der Waals surface area (Å²) in [6.45, 7) is 0. The second-order valence-electron chi connectivity index (χ2n) is 4.49. The molecule has 0 heterocycles. The molecule has 0 saturated heterocycles. The van der Waals surface area contributed by atoms with E-state index in [4.69, 9.17) is 5.11 Å². The molecule has 0 saturated carbocycles. The summed E-state index contributed by atoms with van der Waals surface area (Å²) in [7, 11) is -3.40. The molecule has 0 fully saturated rings. The van der Waals surface area contributed by atoms with Gasteiger partial charge in [0.25, 0.3) is 0 Å². The number of rotatable bonds is 5. The molecule has 0 atom stereocenters. The predicted molar refractivity (Wildman–Crippen MR) is 80.4 cm³/mol. The molecule has 2 aromatic rings. The maximum absolute atomic E-state index is 12.3. The molecule has 0 aliphatic heterocycles. The van der Waals surface area contributed by atoms with Crippen LogP contribution in [0, 0.1) is 0 Å². The predicted octanol–water partition coefficient (Wildman–Crippen LogP) is 2.76. The first-order valence-electron chi connectivity index (χ1n) is 6.25. The number of carboxylic acids is 1. The van der Waals surface area contributed by atoms with Gasteiger partial charge in [0.05, 0.1) is 10.6 Å². The molecule has 0 radical (unpaired) electrons. The molecule has 0 aliphatic carbocycles. The lowest BCUT2D eigenvalue weighted by Gasteiger charge is -2.05. The molecule has 1 N–H and O–H groups in total. The van der Waals surface area contributed by atoms with E-state index in [1.54, 1.807) is 36.4 Å². The topological polar surface area (TPSA) is 71.4 Å². The van der Waals surface area contributed by atoms with Crippen LogP contribution >= 0.6 is 0 Å². The van der Waals surface area contributed by atoms with Crippen molar-refractivity contribution >= 4 is 21.9 Å². The van der Waals surface area contributed by atoms with Crippen LogP contribution in [0.2, 0.25) is 0 Å². The maximum atomic E-state index is 12.3. The van der Waals surface area contributed by atoms with Gasteiger partial charge in [-0.15, -0.1) is 0 Å². The van der Waals surface area contributed by atoms with Crippen molar-refractivity contribution in [3.8, 4) is 0 Å². The monoisotopic (exact) mass is 302 g/mol. The lowest BCUT2D eigenvalue weighted by molar-refractivity contribution is -0.131. The summed E-state index contributed by atoms with van der Waals surface area (Å²) >= 11 is 0. The van der Waals surface area contributed by atoms with Crippen LogP contribution in [0.4, 0.5) is 0 Å². The molecular formula is C16H14O4S. The van der Waals surface area contributed by atoms with Crippen molar-refractivity contribution in [1.29, 1.82) is 0 Å². The van der Waals surface area contributed by atoms with E-state index >= 15 is 0 Å². The first-order valence-corrected chi connectivity index (χ1v) is 7.90.